The van der Waals surface area contributed by atoms with E-state index in [4.69, 9.17) is 0 Å². The summed E-state index contributed by atoms with van der Waals surface area (Å²) in [7, 11) is 0. The summed E-state index contributed by atoms with van der Waals surface area (Å²) in [6.45, 7) is 2.41. The predicted molar refractivity (Wildman–Crippen MR) is 46.1 cm³/mol. The quantitative estimate of drug-likeness (QED) is 0.329. The van der Waals surface area contributed by atoms with Crippen LogP contribution in [0.25, 0.3) is 0 Å². The van der Waals surface area contributed by atoms with E-state index < -0.39 is 0 Å². The Hall–Kier alpha value is -0.330. The van der Waals surface area contributed by atoms with Crippen molar-refractivity contribution in [2.24, 2.45) is 0 Å². The van der Waals surface area contributed by atoms with Crippen LogP contribution >= 0.6 is 22.6 Å². The van der Waals surface area contributed by atoms with E-state index in [2.05, 4.69) is 10.6 Å². The van der Waals surface area contributed by atoms with Gasteiger partial charge in [-0.15, -0.1) is 0 Å². The van der Waals surface area contributed by atoms with Crippen molar-refractivity contribution in [1.82, 2.24) is 10.6 Å². The maximum absolute atomic E-state index is 10.3. The molecular formula is C5H9IN2O2. The number of carbonyl (C=O) groups excluding carboxylic acids is 2. The molecule has 0 atom stereocenters. The fourth-order valence-corrected chi connectivity index (χ4v) is 0.669. The molecule has 5 heteroatoms. The first-order valence-electron chi connectivity index (χ1n) is 2.80. The molecule has 0 radical (unpaired) electrons. The van der Waals surface area contributed by atoms with Gasteiger partial charge in [0.1, 0.15) is 0 Å². The Bertz CT molecular complexity index is 122. The van der Waals surface area contributed by atoms with Crippen LogP contribution in [0.2, 0.25) is 0 Å². The van der Waals surface area contributed by atoms with E-state index in [-0.39, 0.29) is 9.82 Å². The molecule has 0 heterocycles. The molecule has 4 nitrogen and oxygen atoms in total. The predicted octanol–water partition coefficient (Wildman–Crippen LogP) is 0.267. The Labute approximate surface area is 72.9 Å². The van der Waals surface area contributed by atoms with Gasteiger partial charge >= 0.3 is 0 Å². The van der Waals surface area contributed by atoms with Gasteiger partial charge in [0.15, 0.2) is 0 Å². The molecule has 0 unspecified atom stereocenters. The first kappa shape index (κ1) is 9.67. The first-order valence-corrected chi connectivity index (χ1v) is 3.88. The molecule has 0 fully saturated rings. The molecule has 2 amide bonds. The molecule has 0 aromatic rings. The zero-order chi connectivity index (χ0) is 7.98. The van der Waals surface area contributed by atoms with Crippen molar-refractivity contribution in [3.8, 4) is 0 Å². The lowest BCUT2D eigenvalue weighted by Crippen LogP contribution is -2.30. The highest BCUT2D eigenvalue weighted by molar-refractivity contribution is 14.1. The Morgan fingerprint density at radius 1 is 1.30 bits per heavy atom. The van der Waals surface area contributed by atoms with E-state index in [0.717, 1.165) is 0 Å². The lowest BCUT2D eigenvalue weighted by Gasteiger charge is -2.00. The van der Waals surface area contributed by atoms with Gasteiger partial charge in [-0.25, -0.2) is 0 Å². The largest absolute Gasteiger partial charge is 0.355 e. The van der Waals surface area contributed by atoms with Gasteiger partial charge in [0.25, 0.3) is 3.91 Å². The highest BCUT2D eigenvalue weighted by Gasteiger charge is 1.91. The van der Waals surface area contributed by atoms with E-state index in [1.165, 1.54) is 6.92 Å². The molecule has 0 spiro atoms. The van der Waals surface area contributed by atoms with Gasteiger partial charge in [-0.05, 0) is 0 Å². The lowest BCUT2D eigenvalue weighted by atomic mass is 10.6. The molecule has 0 rings (SSSR count). The van der Waals surface area contributed by atoms with Gasteiger partial charge in [0.2, 0.25) is 5.91 Å². The monoisotopic (exact) mass is 256 g/mol. The van der Waals surface area contributed by atoms with Crippen LogP contribution in [0, 0.1) is 0 Å². The summed E-state index contributed by atoms with van der Waals surface area (Å²) in [6.07, 6.45) is 0. The third-order valence-electron chi connectivity index (χ3n) is 0.763. The van der Waals surface area contributed by atoms with Gasteiger partial charge in [-0.1, -0.05) is 0 Å². The molecule has 0 aromatic carbocycles. The molecule has 0 saturated carbocycles. The lowest BCUT2D eigenvalue weighted by molar-refractivity contribution is -0.118. The van der Waals surface area contributed by atoms with Gasteiger partial charge in [-0.2, -0.15) is 0 Å². The normalized spacial score (nSPS) is 8.60. The van der Waals surface area contributed by atoms with E-state index >= 15 is 0 Å². The summed E-state index contributed by atoms with van der Waals surface area (Å²) in [4.78, 5) is 20.5. The third-order valence-corrected chi connectivity index (χ3v) is 1.14. The summed E-state index contributed by atoms with van der Waals surface area (Å²) in [5, 5.41) is 5.08. The number of rotatable bonds is 3. The average Bonchev–Trinajstić information content (AvgIpc) is 1.79. The number of halogens is 1. The summed E-state index contributed by atoms with van der Waals surface area (Å²) < 4.78 is -0.108. The van der Waals surface area contributed by atoms with Crippen LogP contribution in [0.4, 0.5) is 4.79 Å². The van der Waals surface area contributed by atoms with Crippen molar-refractivity contribution in [2.75, 3.05) is 13.1 Å². The number of carbonyl (C=O) groups is 2. The van der Waals surface area contributed by atoms with Crippen molar-refractivity contribution in [3.05, 3.63) is 0 Å². The van der Waals surface area contributed by atoms with Crippen molar-refractivity contribution >= 4 is 32.4 Å². The second-order valence-electron chi connectivity index (χ2n) is 1.68. The summed E-state index contributed by atoms with van der Waals surface area (Å²) in [5.41, 5.74) is 0. The molecule has 0 aliphatic heterocycles. The summed E-state index contributed by atoms with van der Waals surface area (Å²) in [6, 6.07) is 0. The smallest absolute Gasteiger partial charge is 0.280 e. The van der Waals surface area contributed by atoms with Crippen LogP contribution in [-0.4, -0.2) is 22.9 Å². The van der Waals surface area contributed by atoms with E-state index in [9.17, 15) is 9.59 Å². The average molecular weight is 256 g/mol. The molecule has 0 saturated heterocycles. The van der Waals surface area contributed by atoms with Crippen LogP contribution in [0.3, 0.4) is 0 Å². The highest BCUT2D eigenvalue weighted by atomic mass is 127. The summed E-state index contributed by atoms with van der Waals surface area (Å²) in [5.74, 6) is -0.0808. The van der Waals surface area contributed by atoms with Gasteiger partial charge in [-0.3, -0.25) is 9.59 Å². The standard InChI is InChI=1S/C5H9IN2O2/c1-4(9)7-2-3-8-5(6)10/h2-3H2,1H3,(H,7,9)(H,8,10). The topological polar surface area (TPSA) is 58.2 Å². The Balaban J connectivity index is 3.06. The molecule has 0 aliphatic carbocycles. The summed E-state index contributed by atoms with van der Waals surface area (Å²) >= 11 is 1.64. The van der Waals surface area contributed by atoms with Crippen LogP contribution in [0.15, 0.2) is 0 Å². The molecule has 0 aliphatic rings. The third kappa shape index (κ3) is 7.67. The minimum atomic E-state index is -0.108. The van der Waals surface area contributed by atoms with Gasteiger partial charge in [0.05, 0.1) is 0 Å². The van der Waals surface area contributed by atoms with Crippen LogP contribution in [0.5, 0.6) is 0 Å². The molecule has 0 aromatic heterocycles. The fourth-order valence-electron chi connectivity index (χ4n) is 0.399. The highest BCUT2D eigenvalue weighted by Crippen LogP contribution is 1.79. The van der Waals surface area contributed by atoms with Crippen LogP contribution in [-0.2, 0) is 4.79 Å². The van der Waals surface area contributed by atoms with Crippen LogP contribution < -0.4 is 10.6 Å². The van der Waals surface area contributed by atoms with Crippen molar-refractivity contribution in [3.63, 3.8) is 0 Å². The van der Waals surface area contributed by atoms with Crippen molar-refractivity contribution in [2.45, 2.75) is 6.92 Å². The molecule has 58 valence electrons. The fraction of sp³-hybridized carbons (Fsp3) is 0.600. The van der Waals surface area contributed by atoms with Gasteiger partial charge in [0, 0.05) is 42.6 Å². The number of nitrogens with one attached hydrogen (secondary N) is 2. The second-order valence-corrected chi connectivity index (χ2v) is 2.66. The zero-order valence-electron chi connectivity index (χ0n) is 5.61. The maximum atomic E-state index is 10.3. The maximum Gasteiger partial charge on any atom is 0.280 e. The van der Waals surface area contributed by atoms with E-state index in [1.807, 2.05) is 0 Å². The zero-order valence-corrected chi connectivity index (χ0v) is 7.77. The van der Waals surface area contributed by atoms with Crippen LogP contribution in [0.1, 0.15) is 6.92 Å². The Morgan fingerprint density at radius 2 is 1.80 bits per heavy atom. The minimum absolute atomic E-state index is 0.0808. The number of hydrogen-bond donors (Lipinski definition) is 2. The van der Waals surface area contributed by atoms with E-state index in [1.54, 1.807) is 22.6 Å². The SMILES string of the molecule is CC(=O)NCCNC(=O)I. The Kier molecular flexibility index (Phi) is 5.27. The number of amides is 2. The van der Waals surface area contributed by atoms with E-state index in [0.29, 0.717) is 13.1 Å². The van der Waals surface area contributed by atoms with Gasteiger partial charge < -0.3 is 10.6 Å². The molecular weight excluding hydrogens is 247 g/mol. The molecule has 0 bridgehead atoms. The first-order chi connectivity index (χ1) is 4.63. The molecule has 10 heavy (non-hydrogen) atoms. The number of hydrogen-bond acceptors (Lipinski definition) is 2. The molecule has 2 N–H and O–H groups in total. The second kappa shape index (κ2) is 5.45. The van der Waals surface area contributed by atoms with Crippen molar-refractivity contribution in [1.29, 1.82) is 0 Å². The van der Waals surface area contributed by atoms with Crippen molar-refractivity contribution < 1.29 is 9.59 Å². The minimum Gasteiger partial charge on any atom is -0.355 e. The Morgan fingerprint density at radius 3 is 2.20 bits per heavy atom.